The molecule has 0 spiro atoms. The van der Waals surface area contributed by atoms with Gasteiger partial charge >= 0.3 is 0 Å². The molecule has 3 aromatic heterocycles. The van der Waals surface area contributed by atoms with Crippen LogP contribution in [0, 0.1) is 0 Å². The van der Waals surface area contributed by atoms with E-state index in [1.165, 1.54) is 5.39 Å². The van der Waals surface area contributed by atoms with Crippen molar-refractivity contribution in [1.29, 1.82) is 0 Å². The second-order valence-electron chi connectivity index (χ2n) is 13.5. The van der Waals surface area contributed by atoms with Crippen molar-refractivity contribution in [2.24, 2.45) is 0 Å². The van der Waals surface area contributed by atoms with Gasteiger partial charge in [-0.25, -0.2) is 19.9 Å². The summed E-state index contributed by atoms with van der Waals surface area (Å²) in [6.45, 7) is 0. The van der Waals surface area contributed by atoms with Crippen LogP contribution in [-0.4, -0.2) is 19.9 Å². The molecule has 3 heterocycles. The molecule has 0 radical (unpaired) electrons. The number of rotatable bonds is 5. The van der Waals surface area contributed by atoms with Gasteiger partial charge < -0.3 is 8.83 Å². The van der Waals surface area contributed by atoms with E-state index in [4.69, 9.17) is 28.8 Å². The molecule has 0 aliphatic carbocycles. The molecule has 6 nitrogen and oxygen atoms in total. The Balaban J connectivity index is 1.15. The molecule has 11 aromatic rings. The molecule has 0 bridgehead atoms. The zero-order valence-corrected chi connectivity index (χ0v) is 28.8. The third kappa shape index (κ3) is 5.04. The molecule has 0 aliphatic rings. The maximum Gasteiger partial charge on any atom is 0.227 e. The monoisotopic (exact) mass is 692 g/mol. The molecule has 54 heavy (non-hydrogen) atoms. The van der Waals surface area contributed by atoms with E-state index in [0.29, 0.717) is 34.5 Å². The molecule has 0 amide bonds. The van der Waals surface area contributed by atoms with E-state index in [-0.39, 0.29) is 0 Å². The summed E-state index contributed by atoms with van der Waals surface area (Å²) < 4.78 is 12.7. The molecule has 0 unspecified atom stereocenters. The predicted octanol–water partition coefficient (Wildman–Crippen LogP) is 12.6. The van der Waals surface area contributed by atoms with Gasteiger partial charge in [0.05, 0.1) is 0 Å². The summed E-state index contributed by atoms with van der Waals surface area (Å²) in [5, 5.41) is 6.36. The number of hydrogen-bond acceptors (Lipinski definition) is 6. The minimum Gasteiger partial charge on any atom is -0.456 e. The van der Waals surface area contributed by atoms with Crippen molar-refractivity contribution in [2.45, 2.75) is 0 Å². The lowest BCUT2D eigenvalue weighted by Gasteiger charge is -2.13. The molecule has 6 heteroatoms. The van der Waals surface area contributed by atoms with E-state index in [0.717, 1.165) is 71.4 Å². The van der Waals surface area contributed by atoms with Gasteiger partial charge in [-0.05, 0) is 75.1 Å². The summed E-state index contributed by atoms with van der Waals surface area (Å²) >= 11 is 0. The van der Waals surface area contributed by atoms with Crippen molar-refractivity contribution in [3.8, 4) is 56.7 Å². The van der Waals surface area contributed by atoms with E-state index in [2.05, 4.69) is 109 Å². The highest BCUT2D eigenvalue weighted by Gasteiger charge is 2.21. The minimum atomic E-state index is 0.552. The molecule has 0 saturated heterocycles. The van der Waals surface area contributed by atoms with Crippen molar-refractivity contribution < 1.29 is 8.83 Å². The molecule has 0 atom stereocenters. The Bertz CT molecular complexity index is 3220. The average Bonchev–Trinajstić information content (AvgIpc) is 3.83. The van der Waals surface area contributed by atoms with Gasteiger partial charge in [-0.3, -0.25) is 0 Å². The largest absolute Gasteiger partial charge is 0.456 e. The van der Waals surface area contributed by atoms with E-state index < -0.39 is 0 Å². The van der Waals surface area contributed by atoms with Crippen LogP contribution in [0.1, 0.15) is 0 Å². The Hall–Kier alpha value is -7.44. The molecule has 0 saturated carbocycles. The molecule has 11 rings (SSSR count). The summed E-state index contributed by atoms with van der Waals surface area (Å²) in [4.78, 5) is 20.5. The average molecular weight is 693 g/mol. The van der Waals surface area contributed by atoms with Crippen LogP contribution in [0.5, 0.6) is 0 Å². The SMILES string of the molecule is c1ccc(-c2nc3cc4c(cc3o2)oc2cccc(-c3nc(-c5ccc6ccccc6c5)nc(-c5cc(-c6ccccc6)c6ccccc6c5)n3)c24)cc1. The lowest BCUT2D eigenvalue weighted by molar-refractivity contribution is 0.617. The summed E-state index contributed by atoms with van der Waals surface area (Å²) in [5.74, 6) is 2.29. The first kappa shape index (κ1) is 30.2. The molecule has 0 N–H and O–H groups in total. The van der Waals surface area contributed by atoms with Crippen LogP contribution in [-0.2, 0) is 0 Å². The molecular formula is C48H28N4O2. The highest BCUT2D eigenvalue weighted by Crippen LogP contribution is 2.40. The summed E-state index contributed by atoms with van der Waals surface area (Å²) in [6.07, 6.45) is 0. The highest BCUT2D eigenvalue weighted by atomic mass is 16.4. The third-order valence-electron chi connectivity index (χ3n) is 10.1. The van der Waals surface area contributed by atoms with Crippen LogP contribution in [0.4, 0.5) is 0 Å². The molecular weight excluding hydrogens is 665 g/mol. The zero-order valence-electron chi connectivity index (χ0n) is 28.8. The van der Waals surface area contributed by atoms with Gasteiger partial charge in [-0.2, -0.15) is 0 Å². The lowest BCUT2D eigenvalue weighted by Crippen LogP contribution is -2.01. The standard InChI is InChI=1S/C48H28N4O2/c1-3-13-30(14-4-1)38-26-35(25-33-18-9-10-19-36(33)38)46-50-45(34-23-22-29-12-7-8-17-32(29)24-34)51-47(52-46)37-20-11-21-41-44(37)39-27-40-43(28-42(39)53-41)54-48(49-40)31-15-5-2-6-16-31/h1-28H. The van der Waals surface area contributed by atoms with Crippen molar-refractivity contribution in [2.75, 3.05) is 0 Å². The maximum absolute atomic E-state index is 6.47. The van der Waals surface area contributed by atoms with Crippen LogP contribution < -0.4 is 0 Å². The van der Waals surface area contributed by atoms with E-state index in [9.17, 15) is 0 Å². The summed E-state index contributed by atoms with van der Waals surface area (Å²) in [7, 11) is 0. The smallest absolute Gasteiger partial charge is 0.227 e. The highest BCUT2D eigenvalue weighted by molar-refractivity contribution is 6.14. The van der Waals surface area contributed by atoms with Gasteiger partial charge in [0, 0.05) is 39.1 Å². The topological polar surface area (TPSA) is 77.8 Å². The van der Waals surface area contributed by atoms with E-state index in [1.807, 2.05) is 60.7 Å². The number of hydrogen-bond donors (Lipinski definition) is 0. The van der Waals surface area contributed by atoms with Gasteiger partial charge in [-0.15, -0.1) is 0 Å². The Morgan fingerprint density at radius 2 is 1.02 bits per heavy atom. The summed E-state index contributed by atoms with van der Waals surface area (Å²) in [5.41, 5.74) is 8.65. The van der Waals surface area contributed by atoms with E-state index >= 15 is 0 Å². The molecule has 0 fully saturated rings. The van der Waals surface area contributed by atoms with Crippen molar-refractivity contribution >= 4 is 54.6 Å². The van der Waals surface area contributed by atoms with Crippen LogP contribution in [0.2, 0.25) is 0 Å². The first-order valence-corrected chi connectivity index (χ1v) is 17.9. The maximum atomic E-state index is 6.47. The molecule has 0 aliphatic heterocycles. The number of oxazole rings is 1. The molecule has 8 aromatic carbocycles. The number of benzene rings is 8. The van der Waals surface area contributed by atoms with Gasteiger partial charge in [0.2, 0.25) is 5.89 Å². The first-order chi connectivity index (χ1) is 26.7. The quantitative estimate of drug-likeness (QED) is 0.179. The number of fused-ring (bicyclic) bond motifs is 6. The van der Waals surface area contributed by atoms with Crippen molar-refractivity contribution in [3.63, 3.8) is 0 Å². The summed E-state index contributed by atoms with van der Waals surface area (Å²) in [6, 6.07) is 57.9. The lowest BCUT2D eigenvalue weighted by atomic mass is 9.95. The fourth-order valence-electron chi connectivity index (χ4n) is 7.52. The molecule has 252 valence electrons. The zero-order chi connectivity index (χ0) is 35.6. The first-order valence-electron chi connectivity index (χ1n) is 17.9. The van der Waals surface area contributed by atoms with Crippen LogP contribution >= 0.6 is 0 Å². The van der Waals surface area contributed by atoms with Crippen LogP contribution in [0.3, 0.4) is 0 Å². The van der Waals surface area contributed by atoms with Gasteiger partial charge in [0.15, 0.2) is 23.1 Å². The van der Waals surface area contributed by atoms with Crippen molar-refractivity contribution in [1.82, 2.24) is 19.9 Å². The fourth-order valence-corrected chi connectivity index (χ4v) is 7.52. The number of nitrogens with zero attached hydrogens (tertiary/aromatic N) is 4. The van der Waals surface area contributed by atoms with Crippen LogP contribution in [0.25, 0.3) is 111 Å². The van der Waals surface area contributed by atoms with Gasteiger partial charge in [-0.1, -0.05) is 121 Å². The Morgan fingerprint density at radius 3 is 1.85 bits per heavy atom. The van der Waals surface area contributed by atoms with Crippen molar-refractivity contribution in [3.05, 3.63) is 170 Å². The third-order valence-corrected chi connectivity index (χ3v) is 10.1. The van der Waals surface area contributed by atoms with Crippen LogP contribution in [0.15, 0.2) is 179 Å². The second kappa shape index (κ2) is 12.1. The Kier molecular flexibility index (Phi) is 6.75. The number of furan rings is 1. The normalized spacial score (nSPS) is 11.7. The minimum absolute atomic E-state index is 0.552. The van der Waals surface area contributed by atoms with Gasteiger partial charge in [0.1, 0.15) is 16.7 Å². The Morgan fingerprint density at radius 1 is 0.333 bits per heavy atom. The number of aromatic nitrogens is 4. The van der Waals surface area contributed by atoms with E-state index in [1.54, 1.807) is 0 Å². The predicted molar refractivity (Wildman–Crippen MR) is 217 cm³/mol. The second-order valence-corrected chi connectivity index (χ2v) is 13.5. The fraction of sp³-hybridized carbons (Fsp3) is 0. The van der Waals surface area contributed by atoms with Gasteiger partial charge in [0.25, 0.3) is 0 Å². The Labute approximate surface area is 309 Å².